The quantitative estimate of drug-likeness (QED) is 0.172. The van der Waals surface area contributed by atoms with Crippen LogP contribution in [0.15, 0.2) is 121 Å². The third kappa shape index (κ3) is 6.12. The fourth-order valence-corrected chi connectivity index (χ4v) is 8.14. The minimum absolute atomic E-state index is 0.0488. The maximum Gasteiger partial charge on any atom is 0.115 e. The van der Waals surface area contributed by atoms with Gasteiger partial charge < -0.3 is 5.32 Å². The number of nitrogens with one attached hydrogen (secondary N) is 1. The van der Waals surface area contributed by atoms with Crippen LogP contribution in [0.4, 0.5) is 0 Å². The normalized spacial score (nSPS) is 15.3. The van der Waals surface area contributed by atoms with Crippen molar-refractivity contribution < 1.29 is 0 Å². The van der Waals surface area contributed by atoms with E-state index in [0.29, 0.717) is 11.8 Å². The molecule has 6 aromatic rings. The van der Waals surface area contributed by atoms with Crippen molar-refractivity contribution in [2.45, 2.75) is 60.4 Å². The van der Waals surface area contributed by atoms with Crippen molar-refractivity contribution in [1.29, 1.82) is 0 Å². The molecule has 0 bridgehead atoms. The van der Waals surface area contributed by atoms with E-state index in [4.69, 9.17) is 4.98 Å². The molecule has 3 aromatic heterocycles. The SMILES string of the molecule is CC1=C(c2cccc(-c3cncnc3)c2)C(CC(C)C)=C2C=Cc3c(ccc4c(CC(C)C)c(-c5cccc(-c6cncnc6)c5)c(C)nc34)C2N1. The van der Waals surface area contributed by atoms with E-state index >= 15 is 0 Å². The first-order valence-electron chi connectivity index (χ1n) is 18.3. The number of fused-ring (bicyclic) bond motifs is 5. The predicted octanol–water partition coefficient (Wildman–Crippen LogP) is 10.8. The van der Waals surface area contributed by atoms with Gasteiger partial charge in [0.05, 0.1) is 11.6 Å². The third-order valence-corrected chi connectivity index (χ3v) is 10.3. The monoisotopic (exact) mass is 680 g/mol. The molecule has 8 rings (SSSR count). The van der Waals surface area contributed by atoms with Crippen molar-refractivity contribution in [3.8, 4) is 33.4 Å². The Morgan fingerprint density at radius 2 is 1.25 bits per heavy atom. The number of rotatable bonds is 8. The average Bonchev–Trinajstić information content (AvgIpc) is 3.15. The molecular weight excluding hydrogens is 637 g/mol. The number of benzene rings is 3. The Bertz CT molecular complexity index is 2400. The molecule has 1 N–H and O–H groups in total. The van der Waals surface area contributed by atoms with Crippen molar-refractivity contribution in [3.63, 3.8) is 0 Å². The summed E-state index contributed by atoms with van der Waals surface area (Å²) in [5.41, 5.74) is 19.0. The number of pyridine rings is 1. The molecule has 6 nitrogen and oxygen atoms in total. The fraction of sp³-hybridized carbons (Fsp3) is 0.239. The number of aromatic nitrogens is 5. The topological polar surface area (TPSA) is 76.5 Å². The summed E-state index contributed by atoms with van der Waals surface area (Å²) in [7, 11) is 0. The van der Waals surface area contributed by atoms with Gasteiger partial charge in [0, 0.05) is 69.4 Å². The van der Waals surface area contributed by atoms with Crippen LogP contribution < -0.4 is 5.32 Å². The van der Waals surface area contributed by atoms with E-state index in [2.05, 4.69) is 140 Å². The number of hydrogen-bond acceptors (Lipinski definition) is 6. The molecule has 1 unspecified atom stereocenters. The molecule has 1 atom stereocenters. The molecule has 1 aliphatic heterocycles. The summed E-state index contributed by atoms with van der Waals surface area (Å²) >= 11 is 0. The van der Waals surface area contributed by atoms with E-state index in [1.807, 2.05) is 24.8 Å². The Morgan fingerprint density at radius 3 is 1.88 bits per heavy atom. The molecule has 0 amide bonds. The van der Waals surface area contributed by atoms with Gasteiger partial charge in [0.15, 0.2) is 0 Å². The highest BCUT2D eigenvalue weighted by atomic mass is 14.9. The van der Waals surface area contributed by atoms with Crippen LogP contribution in [-0.2, 0) is 6.42 Å². The van der Waals surface area contributed by atoms with E-state index in [1.165, 1.54) is 61.2 Å². The molecule has 52 heavy (non-hydrogen) atoms. The van der Waals surface area contributed by atoms with Gasteiger partial charge in [-0.3, -0.25) is 4.98 Å². The van der Waals surface area contributed by atoms with Gasteiger partial charge in [-0.1, -0.05) is 88.4 Å². The highest BCUT2D eigenvalue weighted by Gasteiger charge is 2.32. The van der Waals surface area contributed by atoms with E-state index in [-0.39, 0.29) is 6.04 Å². The molecule has 4 heterocycles. The van der Waals surface area contributed by atoms with Gasteiger partial charge in [-0.25, -0.2) is 19.9 Å². The lowest BCUT2D eigenvalue weighted by Gasteiger charge is -2.36. The largest absolute Gasteiger partial charge is 0.377 e. The van der Waals surface area contributed by atoms with Gasteiger partial charge >= 0.3 is 0 Å². The highest BCUT2D eigenvalue weighted by Crippen LogP contribution is 2.47. The van der Waals surface area contributed by atoms with Crippen molar-refractivity contribution in [3.05, 3.63) is 149 Å². The highest BCUT2D eigenvalue weighted by molar-refractivity contribution is 5.98. The zero-order valence-corrected chi connectivity index (χ0v) is 30.8. The Balaban J connectivity index is 1.26. The second-order valence-corrected chi connectivity index (χ2v) is 15.0. The second-order valence-electron chi connectivity index (χ2n) is 15.0. The molecule has 0 fully saturated rings. The van der Waals surface area contributed by atoms with E-state index in [0.717, 1.165) is 46.3 Å². The number of allylic oxidation sites excluding steroid dienone is 3. The van der Waals surface area contributed by atoms with Crippen LogP contribution in [0.3, 0.4) is 0 Å². The lowest BCUT2D eigenvalue weighted by atomic mass is 9.76. The van der Waals surface area contributed by atoms with Gasteiger partial charge in [0.25, 0.3) is 0 Å². The lowest BCUT2D eigenvalue weighted by molar-refractivity contribution is 0.617. The van der Waals surface area contributed by atoms with Crippen molar-refractivity contribution in [1.82, 2.24) is 30.2 Å². The zero-order valence-electron chi connectivity index (χ0n) is 30.8. The molecule has 6 heteroatoms. The Hall–Kier alpha value is -5.75. The van der Waals surface area contributed by atoms with Crippen LogP contribution in [0.25, 0.3) is 55.9 Å². The Kier molecular flexibility index (Phi) is 8.84. The number of dihydropyridines is 1. The molecular formula is C46H44N6. The Morgan fingerprint density at radius 1 is 0.654 bits per heavy atom. The molecule has 1 aliphatic carbocycles. The van der Waals surface area contributed by atoms with Crippen molar-refractivity contribution in [2.24, 2.45) is 11.8 Å². The molecule has 0 saturated carbocycles. The van der Waals surface area contributed by atoms with Gasteiger partial charge in [0.2, 0.25) is 0 Å². The molecule has 0 saturated heterocycles. The summed E-state index contributed by atoms with van der Waals surface area (Å²) < 4.78 is 0. The average molecular weight is 681 g/mol. The molecule has 258 valence electrons. The minimum Gasteiger partial charge on any atom is -0.377 e. The fourth-order valence-electron chi connectivity index (χ4n) is 8.14. The third-order valence-electron chi connectivity index (χ3n) is 10.3. The van der Waals surface area contributed by atoms with Crippen LogP contribution in [0.5, 0.6) is 0 Å². The molecule has 0 radical (unpaired) electrons. The summed E-state index contributed by atoms with van der Waals surface area (Å²) in [6.07, 6.45) is 17.3. The van der Waals surface area contributed by atoms with Gasteiger partial charge in [0.1, 0.15) is 12.7 Å². The Labute approximate surface area is 306 Å². The first-order valence-corrected chi connectivity index (χ1v) is 18.3. The van der Waals surface area contributed by atoms with E-state index in [9.17, 15) is 0 Å². The molecule has 2 aliphatic rings. The smallest absolute Gasteiger partial charge is 0.115 e. The molecule has 0 spiro atoms. The van der Waals surface area contributed by atoms with E-state index in [1.54, 1.807) is 12.7 Å². The van der Waals surface area contributed by atoms with Crippen LogP contribution in [0.2, 0.25) is 0 Å². The van der Waals surface area contributed by atoms with Gasteiger partial charge in [-0.15, -0.1) is 0 Å². The molecule has 3 aromatic carbocycles. The minimum atomic E-state index is 0.0488. The summed E-state index contributed by atoms with van der Waals surface area (Å²) in [6.45, 7) is 13.6. The number of nitrogens with zero attached hydrogens (tertiary/aromatic N) is 5. The lowest BCUT2D eigenvalue weighted by Crippen LogP contribution is -2.29. The zero-order chi connectivity index (χ0) is 35.9. The number of hydrogen-bond donors (Lipinski definition) is 1. The van der Waals surface area contributed by atoms with Crippen molar-refractivity contribution >= 4 is 22.6 Å². The van der Waals surface area contributed by atoms with E-state index < -0.39 is 0 Å². The maximum absolute atomic E-state index is 5.42. The summed E-state index contributed by atoms with van der Waals surface area (Å²) in [5, 5.41) is 5.21. The first-order chi connectivity index (χ1) is 25.3. The summed E-state index contributed by atoms with van der Waals surface area (Å²) in [5.74, 6) is 0.976. The first kappa shape index (κ1) is 33.4. The van der Waals surface area contributed by atoms with Crippen LogP contribution >= 0.6 is 0 Å². The summed E-state index contributed by atoms with van der Waals surface area (Å²) in [4.78, 5) is 22.5. The van der Waals surface area contributed by atoms with Gasteiger partial charge in [-0.05, 0) is 95.2 Å². The number of aryl methyl sites for hydroxylation is 1. The van der Waals surface area contributed by atoms with Crippen LogP contribution in [-0.4, -0.2) is 24.9 Å². The van der Waals surface area contributed by atoms with Gasteiger partial charge in [-0.2, -0.15) is 0 Å². The maximum atomic E-state index is 5.42. The second kappa shape index (κ2) is 13.8. The van der Waals surface area contributed by atoms with Crippen LogP contribution in [0, 0.1) is 18.8 Å². The summed E-state index contributed by atoms with van der Waals surface area (Å²) in [6, 6.07) is 22.2. The van der Waals surface area contributed by atoms with Crippen molar-refractivity contribution in [2.75, 3.05) is 0 Å². The standard InChI is InChI=1S/C46H44N6/c1-27(2)17-41-39-15-13-38-37(45(39)51-29(5)43(41)33-11-7-9-31(19-33)35-21-47-25-48-22-35)14-16-40-42(18-28(3)4)44(30(6)52-46(38)40)34-12-8-10-32(20-34)36-23-49-26-50-24-36/h7-16,19-28,45,51H,17-18H2,1-6H3. The predicted molar refractivity (Wildman–Crippen MR) is 213 cm³/mol. The van der Waals surface area contributed by atoms with Crippen LogP contribution in [0.1, 0.15) is 75.0 Å².